The van der Waals surface area contributed by atoms with Crippen LogP contribution in [-0.4, -0.2) is 50.3 Å². The van der Waals surface area contributed by atoms with Gasteiger partial charge in [0.05, 0.1) is 12.7 Å². The second-order valence-electron chi connectivity index (χ2n) is 8.03. The number of aryl methyl sites for hydroxylation is 1. The summed E-state index contributed by atoms with van der Waals surface area (Å²) in [6, 6.07) is 4.57. The Morgan fingerprint density at radius 2 is 2.19 bits per heavy atom. The van der Waals surface area contributed by atoms with Gasteiger partial charge in [-0.15, -0.1) is 5.10 Å². The first-order valence-corrected chi connectivity index (χ1v) is 10.3. The van der Waals surface area contributed by atoms with Crippen molar-refractivity contribution in [2.75, 3.05) is 17.2 Å². The van der Waals surface area contributed by atoms with Crippen LogP contribution in [0.25, 0.3) is 5.65 Å². The first-order chi connectivity index (χ1) is 14.8. The summed E-state index contributed by atoms with van der Waals surface area (Å²) in [5, 5.41) is 7.09. The number of nitrogens with two attached hydrogens (primary N) is 1. The van der Waals surface area contributed by atoms with E-state index < -0.39 is 6.17 Å². The third-order valence-electron chi connectivity index (χ3n) is 5.54. The molecule has 8 nitrogen and oxygen atoms in total. The van der Waals surface area contributed by atoms with Gasteiger partial charge in [0, 0.05) is 30.4 Å². The summed E-state index contributed by atoms with van der Waals surface area (Å²) in [4.78, 5) is 23.4. The Morgan fingerprint density at radius 1 is 1.39 bits per heavy atom. The topological polar surface area (TPSA) is 101 Å². The number of halogens is 2. The van der Waals surface area contributed by atoms with Gasteiger partial charge in [-0.1, -0.05) is 0 Å². The minimum atomic E-state index is -0.901. The van der Waals surface area contributed by atoms with Crippen molar-refractivity contribution in [1.82, 2.24) is 24.9 Å². The van der Waals surface area contributed by atoms with E-state index in [9.17, 15) is 13.6 Å². The zero-order chi connectivity index (χ0) is 22.1. The minimum Gasteiger partial charge on any atom is -0.381 e. The van der Waals surface area contributed by atoms with Crippen LogP contribution in [0.3, 0.4) is 0 Å². The number of hydrogen-bond acceptors (Lipinski definition) is 6. The van der Waals surface area contributed by atoms with Crippen molar-refractivity contribution in [3.63, 3.8) is 0 Å². The fraction of sp³-hybridized carbons (Fsp3) is 0.429. The molecule has 0 saturated carbocycles. The first kappa shape index (κ1) is 21.0. The molecule has 1 aliphatic heterocycles. The first-order valence-electron chi connectivity index (χ1n) is 10.3. The van der Waals surface area contributed by atoms with E-state index in [1.807, 2.05) is 18.7 Å². The zero-order valence-corrected chi connectivity index (χ0v) is 17.4. The van der Waals surface area contributed by atoms with Crippen LogP contribution in [0.5, 0.6) is 0 Å². The highest BCUT2D eigenvalue weighted by molar-refractivity contribution is 6.04. The van der Waals surface area contributed by atoms with Crippen LogP contribution >= 0.6 is 0 Å². The maximum Gasteiger partial charge on any atom is 0.259 e. The van der Waals surface area contributed by atoms with Crippen molar-refractivity contribution >= 4 is 23.2 Å². The van der Waals surface area contributed by atoms with Crippen LogP contribution in [0.1, 0.15) is 42.7 Å². The highest BCUT2D eigenvalue weighted by Gasteiger charge is 2.30. The number of fused-ring (bicyclic) bond motifs is 1. The molecule has 0 aromatic carbocycles. The van der Waals surface area contributed by atoms with Crippen molar-refractivity contribution < 1.29 is 13.6 Å². The fourth-order valence-corrected chi connectivity index (χ4v) is 3.89. The van der Waals surface area contributed by atoms with E-state index in [2.05, 4.69) is 20.4 Å². The Balaban J connectivity index is 1.49. The summed E-state index contributed by atoms with van der Waals surface area (Å²) in [7, 11) is 0. The number of alkyl halides is 1. The van der Waals surface area contributed by atoms with E-state index in [1.165, 1.54) is 16.8 Å². The van der Waals surface area contributed by atoms with Crippen molar-refractivity contribution in [2.45, 2.75) is 51.4 Å². The molecule has 31 heavy (non-hydrogen) atoms. The van der Waals surface area contributed by atoms with E-state index in [0.29, 0.717) is 30.7 Å². The van der Waals surface area contributed by atoms with Gasteiger partial charge < -0.3 is 16.0 Å². The van der Waals surface area contributed by atoms with Gasteiger partial charge in [-0.3, -0.25) is 9.78 Å². The zero-order valence-electron chi connectivity index (χ0n) is 17.4. The number of hydrogen-bond donors (Lipinski definition) is 2. The van der Waals surface area contributed by atoms with Crippen molar-refractivity contribution in [2.24, 2.45) is 0 Å². The van der Waals surface area contributed by atoms with Gasteiger partial charge in [0.1, 0.15) is 23.4 Å². The maximum absolute atomic E-state index is 13.8. The third kappa shape index (κ3) is 4.42. The van der Waals surface area contributed by atoms with Gasteiger partial charge in [0.25, 0.3) is 5.91 Å². The summed E-state index contributed by atoms with van der Waals surface area (Å²) in [6.07, 6.45) is 3.60. The van der Waals surface area contributed by atoms with Gasteiger partial charge in [-0.2, -0.15) is 0 Å². The summed E-state index contributed by atoms with van der Waals surface area (Å²) in [6.45, 7) is 4.08. The molecule has 0 spiro atoms. The lowest BCUT2D eigenvalue weighted by molar-refractivity contribution is 0.0940. The number of nitrogen functional groups attached to an aromatic ring is 1. The minimum absolute atomic E-state index is 0.0163. The van der Waals surface area contributed by atoms with Gasteiger partial charge in [-0.05, 0) is 44.9 Å². The second-order valence-corrected chi connectivity index (χ2v) is 8.03. The van der Waals surface area contributed by atoms with Gasteiger partial charge in [0.2, 0.25) is 0 Å². The van der Waals surface area contributed by atoms with E-state index in [-0.39, 0.29) is 41.7 Å². The summed E-state index contributed by atoms with van der Waals surface area (Å²) in [5.74, 6) is -0.0997. The molecule has 1 amide bonds. The predicted octanol–water partition coefficient (Wildman–Crippen LogP) is 2.53. The van der Waals surface area contributed by atoms with Crippen LogP contribution < -0.4 is 16.0 Å². The molecular formula is C21H25F2N7O. The molecule has 3 aromatic heterocycles. The molecule has 3 aromatic rings. The second kappa shape index (κ2) is 8.44. The van der Waals surface area contributed by atoms with Crippen LogP contribution in [-0.2, 0) is 6.42 Å². The normalized spacial score (nSPS) is 19.7. The predicted molar refractivity (Wildman–Crippen MR) is 113 cm³/mol. The highest BCUT2D eigenvalue weighted by atomic mass is 19.1. The largest absolute Gasteiger partial charge is 0.381 e. The summed E-state index contributed by atoms with van der Waals surface area (Å²) < 4.78 is 28.2. The molecule has 3 atom stereocenters. The number of carbonyl (C=O) groups is 1. The Labute approximate surface area is 178 Å². The van der Waals surface area contributed by atoms with Gasteiger partial charge in [-0.25, -0.2) is 18.3 Å². The Kier molecular flexibility index (Phi) is 5.71. The Bertz CT molecular complexity index is 1090. The standard InChI is InChI=1S/C21H25F2N7O/c1-12(3-5-16-6-4-14(22)10-25-16)26-21(31)18-19(24)28-30-8-7-17(27-20(18)30)29-11-15(23)9-13(29)2/h4,6-8,10,12-13,15H,3,5,9,11H2,1-2H3,(H2,24,28)(H,26,31)/t12-,13-,15+/m1/s1. The molecular weight excluding hydrogens is 404 g/mol. The lowest BCUT2D eigenvalue weighted by Gasteiger charge is -2.22. The SMILES string of the molecule is C[C@H](CCc1ccc(F)cn1)NC(=O)c1c(N)nn2ccc(N3C[C@@H](F)C[C@H]3C)nc12. The van der Waals surface area contributed by atoms with Crippen molar-refractivity contribution in [1.29, 1.82) is 0 Å². The molecule has 0 bridgehead atoms. The lowest BCUT2D eigenvalue weighted by atomic mass is 10.1. The van der Waals surface area contributed by atoms with Crippen molar-refractivity contribution in [3.05, 3.63) is 47.7 Å². The van der Waals surface area contributed by atoms with E-state index >= 15 is 0 Å². The smallest absolute Gasteiger partial charge is 0.259 e. The summed E-state index contributed by atoms with van der Waals surface area (Å²) >= 11 is 0. The molecule has 1 fully saturated rings. The highest BCUT2D eigenvalue weighted by Crippen LogP contribution is 2.27. The quantitative estimate of drug-likeness (QED) is 0.625. The monoisotopic (exact) mass is 429 g/mol. The number of amides is 1. The molecule has 4 rings (SSSR count). The average Bonchev–Trinajstić information content (AvgIpc) is 3.24. The van der Waals surface area contributed by atoms with Gasteiger partial charge in [0.15, 0.2) is 11.5 Å². The molecule has 4 heterocycles. The third-order valence-corrected chi connectivity index (χ3v) is 5.54. The number of nitrogens with zero attached hydrogens (tertiary/aromatic N) is 5. The van der Waals surface area contributed by atoms with Gasteiger partial charge >= 0.3 is 0 Å². The number of anilines is 2. The molecule has 1 saturated heterocycles. The fourth-order valence-electron chi connectivity index (χ4n) is 3.89. The van der Waals surface area contributed by atoms with Crippen LogP contribution in [0.4, 0.5) is 20.4 Å². The van der Waals surface area contributed by atoms with E-state index in [4.69, 9.17) is 5.73 Å². The Morgan fingerprint density at radius 3 is 2.87 bits per heavy atom. The number of carbonyl (C=O) groups excluding carboxylic acids is 1. The number of pyridine rings is 1. The molecule has 0 unspecified atom stereocenters. The number of nitrogens with one attached hydrogen (secondary N) is 1. The number of rotatable bonds is 6. The van der Waals surface area contributed by atoms with E-state index in [1.54, 1.807) is 18.3 Å². The lowest BCUT2D eigenvalue weighted by Crippen LogP contribution is -2.33. The maximum atomic E-state index is 13.8. The molecule has 0 radical (unpaired) electrons. The van der Waals surface area contributed by atoms with Crippen LogP contribution in [0.15, 0.2) is 30.6 Å². The molecule has 1 aliphatic rings. The Hall–Kier alpha value is -3.30. The molecule has 10 heteroatoms. The van der Waals surface area contributed by atoms with Crippen LogP contribution in [0, 0.1) is 5.82 Å². The average molecular weight is 429 g/mol. The molecule has 0 aliphatic carbocycles. The van der Waals surface area contributed by atoms with Crippen molar-refractivity contribution in [3.8, 4) is 0 Å². The molecule has 164 valence electrons. The molecule has 3 N–H and O–H groups in total. The summed E-state index contributed by atoms with van der Waals surface area (Å²) in [5.41, 5.74) is 7.28. The van der Waals surface area contributed by atoms with E-state index in [0.717, 1.165) is 5.69 Å². The number of aromatic nitrogens is 4. The van der Waals surface area contributed by atoms with Crippen LogP contribution in [0.2, 0.25) is 0 Å².